The molecule has 25 heavy (non-hydrogen) atoms. The van der Waals surface area contributed by atoms with Crippen LogP contribution in [0.1, 0.15) is 75.9 Å². The van der Waals surface area contributed by atoms with Gasteiger partial charge in [0, 0.05) is 24.5 Å². The largest absolute Gasteiger partial charge is 0.375 e. The highest BCUT2D eigenvalue weighted by Gasteiger charge is 2.41. The van der Waals surface area contributed by atoms with Gasteiger partial charge in [0.2, 0.25) is 5.89 Å². The molecule has 4 heterocycles. The summed E-state index contributed by atoms with van der Waals surface area (Å²) in [5, 5.41) is 7.60. The van der Waals surface area contributed by atoms with Gasteiger partial charge in [-0.2, -0.15) is 4.98 Å². The van der Waals surface area contributed by atoms with Crippen LogP contribution in [0.25, 0.3) is 0 Å². The van der Waals surface area contributed by atoms with E-state index >= 15 is 0 Å². The average Bonchev–Trinajstić information content (AvgIpc) is 3.13. The van der Waals surface area contributed by atoms with Gasteiger partial charge in [-0.3, -0.25) is 0 Å². The Kier molecular flexibility index (Phi) is 5.11. The van der Waals surface area contributed by atoms with Crippen molar-refractivity contribution >= 4 is 0 Å². The molecule has 0 saturated carbocycles. The van der Waals surface area contributed by atoms with E-state index in [9.17, 15) is 0 Å². The third kappa shape index (κ3) is 3.76. The maximum Gasteiger partial charge on any atom is 0.229 e. The molecule has 0 aliphatic carbocycles. The molecule has 1 atom stereocenters. The number of nitrogens with one attached hydrogen (secondary N) is 1. The maximum atomic E-state index is 6.24. The number of likely N-dealkylation sites (tertiary alicyclic amines) is 1. The fourth-order valence-corrected chi connectivity index (χ4v) is 4.70. The van der Waals surface area contributed by atoms with Crippen molar-refractivity contribution in [1.29, 1.82) is 0 Å². The smallest absolute Gasteiger partial charge is 0.229 e. The number of hydrogen-bond acceptors (Lipinski definition) is 6. The van der Waals surface area contributed by atoms with Crippen molar-refractivity contribution < 1.29 is 9.26 Å². The molecular formula is C19H32N4O2. The van der Waals surface area contributed by atoms with Crippen LogP contribution in [0, 0.1) is 0 Å². The van der Waals surface area contributed by atoms with E-state index < -0.39 is 0 Å². The van der Waals surface area contributed by atoms with Crippen molar-refractivity contribution in [2.45, 2.75) is 75.9 Å². The standard InChI is InChI=1S/C19H32N4O2/c1-14(2)17-21-18(25-22-17)15-3-10-23(11-4-15)16-5-12-24-19(13-16)6-8-20-9-7-19/h14-16,20H,3-13H2,1-2H3. The average molecular weight is 348 g/mol. The highest BCUT2D eigenvalue weighted by Crippen LogP contribution is 2.37. The van der Waals surface area contributed by atoms with Gasteiger partial charge in [-0.15, -0.1) is 0 Å². The monoisotopic (exact) mass is 348 g/mol. The summed E-state index contributed by atoms with van der Waals surface area (Å²) in [5.74, 6) is 2.46. The molecule has 0 bridgehead atoms. The first kappa shape index (κ1) is 17.4. The van der Waals surface area contributed by atoms with Gasteiger partial charge in [0.25, 0.3) is 0 Å². The molecule has 6 nitrogen and oxygen atoms in total. The lowest BCUT2D eigenvalue weighted by Gasteiger charge is -2.47. The molecule has 0 radical (unpaired) electrons. The van der Waals surface area contributed by atoms with Gasteiger partial charge in [0.05, 0.1) is 5.60 Å². The number of ether oxygens (including phenoxy) is 1. The predicted octanol–water partition coefficient (Wildman–Crippen LogP) is 2.67. The third-order valence-electron chi connectivity index (χ3n) is 6.35. The predicted molar refractivity (Wildman–Crippen MR) is 95.7 cm³/mol. The van der Waals surface area contributed by atoms with Crippen molar-refractivity contribution in [2.75, 3.05) is 32.8 Å². The summed E-state index contributed by atoms with van der Waals surface area (Å²) in [6.07, 6.45) is 6.98. The SMILES string of the molecule is CC(C)c1noc(C2CCN(C3CCOC4(CCNCC4)C3)CC2)n1. The molecule has 0 aromatic carbocycles. The fourth-order valence-electron chi connectivity index (χ4n) is 4.70. The van der Waals surface area contributed by atoms with Crippen LogP contribution in [-0.2, 0) is 4.74 Å². The second-order valence-corrected chi connectivity index (χ2v) is 8.38. The third-order valence-corrected chi connectivity index (χ3v) is 6.35. The Hall–Kier alpha value is -0.980. The minimum absolute atomic E-state index is 0.143. The van der Waals surface area contributed by atoms with Crippen LogP contribution in [0.3, 0.4) is 0 Å². The molecule has 1 spiro atoms. The van der Waals surface area contributed by atoms with Gasteiger partial charge in [0.15, 0.2) is 5.82 Å². The van der Waals surface area contributed by atoms with Crippen LogP contribution in [0.4, 0.5) is 0 Å². The molecule has 1 aromatic heterocycles. The Morgan fingerprint density at radius 1 is 1.16 bits per heavy atom. The number of hydrogen-bond donors (Lipinski definition) is 1. The van der Waals surface area contributed by atoms with Crippen LogP contribution in [0.5, 0.6) is 0 Å². The van der Waals surface area contributed by atoms with Gasteiger partial charge in [-0.25, -0.2) is 0 Å². The summed E-state index contributed by atoms with van der Waals surface area (Å²) in [6.45, 7) is 9.63. The molecular weight excluding hydrogens is 316 g/mol. The van der Waals surface area contributed by atoms with Crippen molar-refractivity contribution in [3.8, 4) is 0 Å². The zero-order valence-corrected chi connectivity index (χ0v) is 15.7. The summed E-state index contributed by atoms with van der Waals surface area (Å²) >= 11 is 0. The summed E-state index contributed by atoms with van der Waals surface area (Å²) < 4.78 is 11.8. The van der Waals surface area contributed by atoms with Crippen molar-refractivity contribution in [3.63, 3.8) is 0 Å². The fraction of sp³-hybridized carbons (Fsp3) is 0.895. The van der Waals surface area contributed by atoms with Crippen LogP contribution in [-0.4, -0.2) is 59.5 Å². The second kappa shape index (κ2) is 7.33. The van der Waals surface area contributed by atoms with Gasteiger partial charge >= 0.3 is 0 Å². The van der Waals surface area contributed by atoms with Gasteiger partial charge in [-0.1, -0.05) is 19.0 Å². The summed E-state index contributed by atoms with van der Waals surface area (Å²) in [7, 11) is 0. The van der Waals surface area contributed by atoms with Gasteiger partial charge in [0.1, 0.15) is 0 Å². The van der Waals surface area contributed by atoms with E-state index in [4.69, 9.17) is 9.26 Å². The van der Waals surface area contributed by atoms with E-state index in [0.29, 0.717) is 17.9 Å². The van der Waals surface area contributed by atoms with Crippen molar-refractivity contribution in [3.05, 3.63) is 11.7 Å². The molecule has 3 fully saturated rings. The van der Waals surface area contributed by atoms with E-state index in [1.165, 1.54) is 25.7 Å². The lowest BCUT2D eigenvalue weighted by molar-refractivity contribution is -0.122. The molecule has 4 rings (SSSR count). The molecule has 3 aliphatic heterocycles. The summed E-state index contributed by atoms with van der Waals surface area (Å²) in [6, 6.07) is 0.682. The minimum Gasteiger partial charge on any atom is -0.375 e. The Labute approximate surface area is 150 Å². The second-order valence-electron chi connectivity index (χ2n) is 8.38. The quantitative estimate of drug-likeness (QED) is 0.906. The maximum absolute atomic E-state index is 6.24. The number of aromatic nitrogens is 2. The first-order valence-electron chi connectivity index (χ1n) is 10.1. The number of nitrogens with zero attached hydrogens (tertiary/aromatic N) is 3. The molecule has 3 saturated heterocycles. The van der Waals surface area contributed by atoms with Crippen molar-refractivity contribution in [1.82, 2.24) is 20.4 Å². The molecule has 140 valence electrons. The van der Waals surface area contributed by atoms with Gasteiger partial charge < -0.3 is 19.5 Å². The number of piperidine rings is 2. The number of rotatable bonds is 3. The van der Waals surface area contributed by atoms with E-state index in [1.54, 1.807) is 0 Å². The van der Waals surface area contributed by atoms with E-state index in [1.807, 2.05) is 0 Å². The Balaban J connectivity index is 1.33. The Bertz CT molecular complexity index is 554. The highest BCUT2D eigenvalue weighted by atomic mass is 16.5. The minimum atomic E-state index is 0.143. The van der Waals surface area contributed by atoms with Crippen LogP contribution in [0.2, 0.25) is 0 Å². The first-order chi connectivity index (χ1) is 12.2. The molecule has 1 unspecified atom stereocenters. The van der Waals surface area contributed by atoms with Crippen LogP contribution in [0.15, 0.2) is 4.52 Å². The Morgan fingerprint density at radius 3 is 2.60 bits per heavy atom. The molecule has 6 heteroatoms. The van der Waals surface area contributed by atoms with Crippen LogP contribution < -0.4 is 5.32 Å². The zero-order valence-electron chi connectivity index (χ0n) is 15.7. The topological polar surface area (TPSA) is 63.4 Å². The molecule has 1 N–H and O–H groups in total. The van der Waals surface area contributed by atoms with E-state index in [0.717, 1.165) is 57.3 Å². The normalized spacial score (nSPS) is 28.7. The first-order valence-corrected chi connectivity index (χ1v) is 10.1. The van der Waals surface area contributed by atoms with E-state index in [2.05, 4.69) is 34.2 Å². The van der Waals surface area contributed by atoms with E-state index in [-0.39, 0.29) is 5.60 Å². The summed E-state index contributed by atoms with van der Waals surface area (Å²) in [4.78, 5) is 7.31. The zero-order chi connectivity index (χ0) is 17.3. The molecule has 1 aromatic rings. The lowest BCUT2D eigenvalue weighted by atomic mass is 9.81. The summed E-state index contributed by atoms with van der Waals surface area (Å²) in [5.41, 5.74) is 0.143. The Morgan fingerprint density at radius 2 is 1.92 bits per heavy atom. The highest BCUT2D eigenvalue weighted by molar-refractivity contribution is 5.00. The molecule has 3 aliphatic rings. The van der Waals surface area contributed by atoms with Crippen molar-refractivity contribution in [2.24, 2.45) is 0 Å². The van der Waals surface area contributed by atoms with Crippen LogP contribution >= 0.6 is 0 Å². The van der Waals surface area contributed by atoms with Gasteiger partial charge in [-0.05, 0) is 64.7 Å². The lowest BCUT2D eigenvalue weighted by Crippen LogP contribution is -2.54. The molecule has 0 amide bonds.